The zero-order chi connectivity index (χ0) is 21.7. The molecule has 6 nitrogen and oxygen atoms in total. The molecule has 6 heteroatoms. The van der Waals surface area contributed by atoms with E-state index in [1.165, 1.54) is 0 Å². The normalized spacial score (nSPS) is 19.0. The first kappa shape index (κ1) is 21.8. The van der Waals surface area contributed by atoms with Crippen molar-refractivity contribution < 1.29 is 19.1 Å². The summed E-state index contributed by atoms with van der Waals surface area (Å²) in [6.07, 6.45) is 0.357. The summed E-state index contributed by atoms with van der Waals surface area (Å²) in [5.74, 6) is 0.0359. The van der Waals surface area contributed by atoms with Gasteiger partial charge in [-0.1, -0.05) is 44.2 Å². The fourth-order valence-electron chi connectivity index (χ4n) is 4.01. The van der Waals surface area contributed by atoms with E-state index in [1.54, 1.807) is 26.2 Å². The number of hydrogen-bond donors (Lipinski definition) is 1. The summed E-state index contributed by atoms with van der Waals surface area (Å²) in [5.41, 5.74) is 1.20. The Balaban J connectivity index is 1.78. The molecular weight excluding hydrogens is 380 g/mol. The molecule has 0 spiro atoms. The highest BCUT2D eigenvalue weighted by molar-refractivity contribution is 5.97. The van der Waals surface area contributed by atoms with Gasteiger partial charge < -0.3 is 14.8 Å². The van der Waals surface area contributed by atoms with E-state index in [4.69, 9.17) is 9.47 Å². The maximum atomic E-state index is 13.1. The summed E-state index contributed by atoms with van der Waals surface area (Å²) < 4.78 is 10.9. The quantitative estimate of drug-likeness (QED) is 0.676. The number of nitrogens with zero attached hydrogens (tertiary/aromatic N) is 1. The Labute approximate surface area is 178 Å². The van der Waals surface area contributed by atoms with Crippen LogP contribution in [0.3, 0.4) is 0 Å². The third-order valence-corrected chi connectivity index (χ3v) is 5.75. The minimum absolute atomic E-state index is 0.0192. The molecule has 2 aromatic carbocycles. The Bertz CT molecular complexity index is 910. The maximum absolute atomic E-state index is 13.1. The van der Waals surface area contributed by atoms with E-state index in [1.807, 2.05) is 36.4 Å². The van der Waals surface area contributed by atoms with Crippen LogP contribution in [0.5, 0.6) is 5.75 Å². The molecule has 0 aliphatic carbocycles. The van der Waals surface area contributed by atoms with Crippen LogP contribution in [0.4, 0.5) is 0 Å². The number of benzene rings is 2. The minimum Gasteiger partial charge on any atom is -0.497 e. The fourth-order valence-corrected chi connectivity index (χ4v) is 4.01. The molecule has 1 aliphatic heterocycles. The van der Waals surface area contributed by atoms with Gasteiger partial charge >= 0.3 is 5.97 Å². The summed E-state index contributed by atoms with van der Waals surface area (Å²) in [4.78, 5) is 27.8. The van der Waals surface area contributed by atoms with E-state index in [2.05, 4.69) is 24.1 Å². The third kappa shape index (κ3) is 4.49. The van der Waals surface area contributed by atoms with Gasteiger partial charge in [0, 0.05) is 13.0 Å². The lowest BCUT2D eigenvalue weighted by molar-refractivity contribution is -0.140. The molecular formula is C24H30N2O4. The Morgan fingerprint density at radius 3 is 2.63 bits per heavy atom. The number of nitrogens with one attached hydrogen (secondary N) is 1. The van der Waals surface area contributed by atoms with Crippen LogP contribution in [0.1, 0.15) is 48.3 Å². The Morgan fingerprint density at radius 1 is 1.20 bits per heavy atom. The zero-order valence-corrected chi connectivity index (χ0v) is 18.1. The summed E-state index contributed by atoms with van der Waals surface area (Å²) in [7, 11) is 1.64. The van der Waals surface area contributed by atoms with Crippen LogP contribution in [-0.4, -0.2) is 49.1 Å². The number of ether oxygens (including phenoxy) is 2. The summed E-state index contributed by atoms with van der Waals surface area (Å²) >= 11 is 0. The van der Waals surface area contributed by atoms with Crippen molar-refractivity contribution in [1.29, 1.82) is 0 Å². The molecule has 160 valence electrons. The third-order valence-electron chi connectivity index (χ3n) is 5.75. The van der Waals surface area contributed by atoms with Crippen molar-refractivity contribution in [1.82, 2.24) is 10.2 Å². The SMILES string of the molecule is CCN(CC)C(CNC(=O)C1(C)Cc2ccccc2C(=O)O1)c1cccc(OC)c1. The number of amides is 1. The molecule has 0 aromatic heterocycles. The minimum atomic E-state index is -1.23. The van der Waals surface area contributed by atoms with Gasteiger partial charge in [0.25, 0.3) is 5.91 Å². The largest absolute Gasteiger partial charge is 0.497 e. The van der Waals surface area contributed by atoms with Crippen LogP contribution in [-0.2, 0) is 16.0 Å². The van der Waals surface area contributed by atoms with Crippen LogP contribution >= 0.6 is 0 Å². The molecule has 0 fully saturated rings. The molecule has 1 N–H and O–H groups in total. The first-order chi connectivity index (χ1) is 14.4. The summed E-state index contributed by atoms with van der Waals surface area (Å²) in [5, 5.41) is 3.03. The molecule has 2 atom stereocenters. The zero-order valence-electron chi connectivity index (χ0n) is 18.1. The van der Waals surface area contributed by atoms with Crippen molar-refractivity contribution >= 4 is 11.9 Å². The van der Waals surface area contributed by atoms with Gasteiger partial charge in [0.1, 0.15) is 5.75 Å². The van der Waals surface area contributed by atoms with E-state index in [0.29, 0.717) is 18.5 Å². The van der Waals surface area contributed by atoms with Gasteiger partial charge in [-0.3, -0.25) is 9.69 Å². The van der Waals surface area contributed by atoms with Gasteiger partial charge in [0.05, 0.1) is 18.7 Å². The predicted octanol–water partition coefficient (Wildman–Crippen LogP) is 3.37. The van der Waals surface area contributed by atoms with Crippen LogP contribution in [0.15, 0.2) is 48.5 Å². The van der Waals surface area contributed by atoms with Crippen LogP contribution in [0.25, 0.3) is 0 Å². The molecule has 30 heavy (non-hydrogen) atoms. The second-order valence-corrected chi connectivity index (χ2v) is 7.68. The van der Waals surface area contributed by atoms with Crippen molar-refractivity contribution in [3.05, 3.63) is 65.2 Å². The van der Waals surface area contributed by atoms with Crippen LogP contribution < -0.4 is 10.1 Å². The fraction of sp³-hybridized carbons (Fsp3) is 0.417. The number of cyclic esters (lactones) is 1. The van der Waals surface area contributed by atoms with Crippen molar-refractivity contribution in [2.45, 2.75) is 38.8 Å². The molecule has 2 unspecified atom stereocenters. The summed E-state index contributed by atoms with van der Waals surface area (Å²) in [6.45, 7) is 7.96. The monoisotopic (exact) mass is 410 g/mol. The highest BCUT2D eigenvalue weighted by Gasteiger charge is 2.42. The molecule has 1 amide bonds. The van der Waals surface area contributed by atoms with Gasteiger partial charge in [-0.2, -0.15) is 0 Å². The van der Waals surface area contributed by atoms with Crippen molar-refractivity contribution in [3.63, 3.8) is 0 Å². The standard InChI is InChI=1S/C24H30N2O4/c1-5-26(6-2)21(17-11-9-12-19(14-17)29-4)16-25-23(28)24(3)15-18-10-7-8-13-20(18)22(27)30-24/h7-14,21H,5-6,15-16H2,1-4H3,(H,25,28). The summed E-state index contributed by atoms with van der Waals surface area (Å²) in [6, 6.07) is 15.1. The molecule has 3 rings (SSSR count). The topological polar surface area (TPSA) is 67.9 Å². The van der Waals surface area contributed by atoms with Gasteiger partial charge in [-0.25, -0.2) is 4.79 Å². The smallest absolute Gasteiger partial charge is 0.339 e. The Kier molecular flexibility index (Phi) is 6.77. The number of carbonyl (C=O) groups excluding carboxylic acids is 2. The Morgan fingerprint density at radius 2 is 1.93 bits per heavy atom. The van der Waals surface area contributed by atoms with E-state index in [9.17, 15) is 9.59 Å². The second-order valence-electron chi connectivity index (χ2n) is 7.68. The van der Waals surface area contributed by atoms with Gasteiger partial charge in [-0.15, -0.1) is 0 Å². The van der Waals surface area contributed by atoms with E-state index in [-0.39, 0.29) is 11.9 Å². The van der Waals surface area contributed by atoms with E-state index in [0.717, 1.165) is 30.0 Å². The number of hydrogen-bond acceptors (Lipinski definition) is 5. The number of carbonyl (C=O) groups is 2. The van der Waals surface area contributed by atoms with Gasteiger partial charge in [-0.05, 0) is 49.3 Å². The highest BCUT2D eigenvalue weighted by atomic mass is 16.6. The van der Waals surface area contributed by atoms with Crippen molar-refractivity contribution in [2.24, 2.45) is 0 Å². The first-order valence-electron chi connectivity index (χ1n) is 10.4. The number of likely N-dealkylation sites (N-methyl/N-ethyl adjacent to an activating group) is 1. The first-order valence-corrected chi connectivity index (χ1v) is 10.4. The maximum Gasteiger partial charge on any atom is 0.339 e. The van der Waals surface area contributed by atoms with Crippen molar-refractivity contribution in [3.8, 4) is 5.75 Å². The lowest BCUT2D eigenvalue weighted by Gasteiger charge is -2.35. The number of rotatable bonds is 8. The predicted molar refractivity (Wildman–Crippen MR) is 116 cm³/mol. The lowest BCUT2D eigenvalue weighted by atomic mass is 9.89. The van der Waals surface area contributed by atoms with Gasteiger partial charge in [0.2, 0.25) is 0 Å². The highest BCUT2D eigenvalue weighted by Crippen LogP contribution is 2.29. The lowest BCUT2D eigenvalue weighted by Crippen LogP contribution is -2.53. The average molecular weight is 411 g/mol. The molecule has 1 aliphatic rings. The van der Waals surface area contributed by atoms with Crippen LogP contribution in [0.2, 0.25) is 0 Å². The number of esters is 1. The number of methoxy groups -OCH3 is 1. The molecule has 0 saturated carbocycles. The molecule has 0 radical (unpaired) electrons. The molecule has 0 saturated heterocycles. The van der Waals surface area contributed by atoms with Crippen LogP contribution in [0, 0.1) is 0 Å². The van der Waals surface area contributed by atoms with Crippen molar-refractivity contribution in [2.75, 3.05) is 26.7 Å². The molecule has 1 heterocycles. The number of fused-ring (bicyclic) bond motifs is 1. The average Bonchev–Trinajstić information content (AvgIpc) is 2.76. The second kappa shape index (κ2) is 9.30. The van der Waals surface area contributed by atoms with E-state index >= 15 is 0 Å². The van der Waals surface area contributed by atoms with Gasteiger partial charge in [0.15, 0.2) is 5.60 Å². The van der Waals surface area contributed by atoms with E-state index < -0.39 is 11.6 Å². The molecule has 0 bridgehead atoms. The molecule has 2 aromatic rings. The Hall–Kier alpha value is -2.86.